The van der Waals surface area contributed by atoms with Crippen molar-refractivity contribution in [2.45, 2.75) is 38.6 Å². The van der Waals surface area contributed by atoms with E-state index < -0.39 is 0 Å². The number of benzene rings is 2. The lowest BCUT2D eigenvalue weighted by atomic mass is 10.2. The molecule has 0 spiro atoms. The van der Waals surface area contributed by atoms with E-state index in [2.05, 4.69) is 42.4 Å². The predicted octanol–water partition coefficient (Wildman–Crippen LogP) is 2.89. The molecular formula is C23H25IN2O2S2. The van der Waals surface area contributed by atoms with E-state index in [0.29, 0.717) is 11.5 Å². The van der Waals surface area contributed by atoms with Crippen molar-refractivity contribution in [3.63, 3.8) is 0 Å². The van der Waals surface area contributed by atoms with Gasteiger partial charge in [0.1, 0.15) is 22.7 Å². The molecule has 158 valence electrons. The molecule has 0 saturated heterocycles. The molecule has 0 bridgehead atoms. The number of rotatable bonds is 5. The number of thioether (sulfide) groups is 1. The molecule has 0 atom stereocenters. The second-order valence-electron chi connectivity index (χ2n) is 6.89. The Morgan fingerprint density at radius 3 is 2.50 bits per heavy atom. The number of phenolic OH excluding ortho intramolecular Hbond substituents is 2. The molecule has 0 unspecified atom stereocenters. The van der Waals surface area contributed by atoms with Gasteiger partial charge in [-0.05, 0) is 56.2 Å². The molecule has 2 N–H and O–H groups in total. The predicted molar refractivity (Wildman–Crippen MR) is 123 cm³/mol. The second kappa shape index (κ2) is 9.62. The number of nitrogens with zero attached hydrogens (tertiary/aromatic N) is 2. The summed E-state index contributed by atoms with van der Waals surface area (Å²) < 4.78 is 3.42. The van der Waals surface area contributed by atoms with Crippen LogP contribution in [0.4, 0.5) is 5.69 Å². The quantitative estimate of drug-likeness (QED) is 0.378. The fourth-order valence-corrected chi connectivity index (χ4v) is 5.98. The number of anilines is 1. The highest BCUT2D eigenvalue weighted by molar-refractivity contribution is 8.03. The van der Waals surface area contributed by atoms with Gasteiger partial charge < -0.3 is 39.1 Å². The van der Waals surface area contributed by atoms with E-state index in [9.17, 15) is 10.2 Å². The number of phenols is 2. The Morgan fingerprint density at radius 2 is 1.80 bits per heavy atom. The monoisotopic (exact) mass is 552 g/mol. The minimum Gasteiger partial charge on any atom is -1.00 e. The van der Waals surface area contributed by atoms with E-state index in [4.69, 9.17) is 0 Å². The fraction of sp³-hybridized carbons (Fsp3) is 0.261. The minimum absolute atomic E-state index is 0. The number of thiazole rings is 1. The number of fused-ring (bicyclic) bond motifs is 2. The molecule has 0 saturated carbocycles. The van der Waals surface area contributed by atoms with Crippen molar-refractivity contribution < 1.29 is 38.8 Å². The minimum atomic E-state index is 0. The second-order valence-corrected chi connectivity index (χ2v) is 9.01. The molecule has 3 aromatic rings. The normalized spacial score (nSPS) is 15.0. The third-order valence-corrected chi connectivity index (χ3v) is 7.31. The van der Waals surface area contributed by atoms with E-state index in [1.54, 1.807) is 35.2 Å². The van der Waals surface area contributed by atoms with Gasteiger partial charge >= 0.3 is 0 Å². The standard InChI is InChI=1S/C23H24N2O2S2.HI/c1-4-15(11-22-24(5-2)18-13-16(26)7-9-20(18)28-22)12-23-25(6-3)19-14-17(27)8-10-21(19)29-23;/h7-14H,4-6H2,1-3H3,(H-,26,27);1H. The summed E-state index contributed by atoms with van der Waals surface area (Å²) >= 11 is 3.49. The first kappa shape index (κ1) is 23.0. The molecule has 1 aromatic heterocycles. The molecular weight excluding hydrogens is 527 g/mol. The SMILES string of the molecule is CCC(/C=C1\Sc2ccc(O)cc2N1CC)=C\c1sc2ccc(O)cc2[n+]1CC.[I-]. The first-order chi connectivity index (χ1) is 14.0. The zero-order valence-corrected chi connectivity index (χ0v) is 21.0. The number of aryl methyl sites for hydroxylation is 1. The molecule has 4 nitrogen and oxygen atoms in total. The van der Waals surface area contributed by atoms with Crippen LogP contribution >= 0.6 is 23.1 Å². The van der Waals surface area contributed by atoms with Gasteiger partial charge in [0.05, 0.1) is 16.8 Å². The van der Waals surface area contributed by atoms with Crippen LogP contribution in [0.3, 0.4) is 0 Å². The smallest absolute Gasteiger partial charge is 0.263 e. The third-order valence-electron chi connectivity index (χ3n) is 5.09. The van der Waals surface area contributed by atoms with Crippen molar-refractivity contribution in [1.82, 2.24) is 0 Å². The van der Waals surface area contributed by atoms with Gasteiger partial charge in [0.2, 0.25) is 5.52 Å². The number of aromatic nitrogens is 1. The highest BCUT2D eigenvalue weighted by atomic mass is 127. The molecule has 0 aliphatic carbocycles. The maximum atomic E-state index is 9.88. The van der Waals surface area contributed by atoms with E-state index in [0.717, 1.165) is 30.7 Å². The van der Waals surface area contributed by atoms with Gasteiger partial charge in [0.15, 0.2) is 0 Å². The van der Waals surface area contributed by atoms with Crippen LogP contribution in [0.15, 0.2) is 58.0 Å². The third kappa shape index (κ3) is 4.33. The molecule has 1 aliphatic rings. The molecule has 0 radical (unpaired) electrons. The average Bonchev–Trinajstić information content (AvgIpc) is 3.23. The molecule has 2 aromatic carbocycles. The lowest BCUT2D eigenvalue weighted by molar-refractivity contribution is -0.665. The molecule has 7 heteroatoms. The molecule has 1 aliphatic heterocycles. The molecule has 2 heterocycles. The lowest BCUT2D eigenvalue weighted by Gasteiger charge is -2.18. The van der Waals surface area contributed by atoms with Crippen LogP contribution in [-0.2, 0) is 6.54 Å². The van der Waals surface area contributed by atoms with Gasteiger partial charge in [-0.2, -0.15) is 4.57 Å². The van der Waals surface area contributed by atoms with E-state index in [1.807, 2.05) is 24.3 Å². The highest BCUT2D eigenvalue weighted by Crippen LogP contribution is 2.47. The molecule has 4 rings (SSSR count). The first-order valence-corrected chi connectivity index (χ1v) is 11.5. The summed E-state index contributed by atoms with van der Waals surface area (Å²) in [5, 5.41) is 22.1. The summed E-state index contributed by atoms with van der Waals surface area (Å²) in [5.41, 5.74) is 3.39. The van der Waals surface area contributed by atoms with Crippen LogP contribution < -0.4 is 33.4 Å². The summed E-state index contributed by atoms with van der Waals surface area (Å²) in [4.78, 5) is 3.42. The van der Waals surface area contributed by atoms with E-state index >= 15 is 0 Å². The largest absolute Gasteiger partial charge is 1.00 e. The van der Waals surface area contributed by atoms with Crippen molar-refractivity contribution in [3.8, 4) is 11.5 Å². The summed E-state index contributed by atoms with van der Waals surface area (Å²) in [7, 11) is 0. The topological polar surface area (TPSA) is 47.6 Å². The molecule has 0 amide bonds. The Morgan fingerprint density at radius 1 is 1.07 bits per heavy atom. The highest BCUT2D eigenvalue weighted by Gasteiger charge is 2.25. The van der Waals surface area contributed by atoms with Crippen molar-refractivity contribution in [3.05, 3.63) is 58.1 Å². The van der Waals surface area contributed by atoms with Crippen molar-refractivity contribution in [2.75, 3.05) is 11.4 Å². The van der Waals surface area contributed by atoms with Gasteiger partial charge in [-0.3, -0.25) is 0 Å². The van der Waals surface area contributed by atoms with Crippen LogP contribution in [0.5, 0.6) is 11.5 Å². The van der Waals surface area contributed by atoms with Crippen LogP contribution in [0.1, 0.15) is 32.2 Å². The van der Waals surface area contributed by atoms with Gasteiger partial charge in [0.25, 0.3) is 5.01 Å². The summed E-state index contributed by atoms with van der Waals surface area (Å²) in [6.45, 7) is 8.14. The van der Waals surface area contributed by atoms with E-state index in [1.165, 1.54) is 25.2 Å². The average molecular weight is 553 g/mol. The van der Waals surface area contributed by atoms with Gasteiger partial charge in [-0.15, -0.1) is 0 Å². The number of allylic oxidation sites excluding steroid dienone is 2. The maximum Gasteiger partial charge on any atom is 0.263 e. The zero-order chi connectivity index (χ0) is 20.5. The van der Waals surface area contributed by atoms with Gasteiger partial charge in [-0.1, -0.05) is 30.0 Å². The zero-order valence-electron chi connectivity index (χ0n) is 17.2. The van der Waals surface area contributed by atoms with Gasteiger partial charge in [-0.25, -0.2) is 0 Å². The van der Waals surface area contributed by atoms with Crippen molar-refractivity contribution >= 4 is 45.1 Å². The van der Waals surface area contributed by atoms with Crippen LogP contribution in [0.2, 0.25) is 0 Å². The molecule has 0 fully saturated rings. The van der Waals surface area contributed by atoms with Gasteiger partial charge in [0, 0.05) is 23.6 Å². The number of halogens is 1. The summed E-state index contributed by atoms with van der Waals surface area (Å²) in [5.74, 6) is 0.598. The fourth-order valence-electron chi connectivity index (χ4n) is 3.61. The Labute approximate surface area is 202 Å². The van der Waals surface area contributed by atoms with E-state index in [-0.39, 0.29) is 24.0 Å². The molecule has 30 heavy (non-hydrogen) atoms. The Bertz CT molecular complexity index is 1140. The Balaban J connectivity index is 0.00000256. The Hall–Kier alpha value is -1.71. The van der Waals surface area contributed by atoms with Crippen molar-refractivity contribution in [2.24, 2.45) is 0 Å². The first-order valence-electron chi connectivity index (χ1n) is 9.90. The van der Waals surface area contributed by atoms with Crippen molar-refractivity contribution in [1.29, 1.82) is 0 Å². The summed E-state index contributed by atoms with van der Waals surface area (Å²) in [6, 6.07) is 11.1. The van der Waals surface area contributed by atoms with Crippen LogP contribution in [-0.4, -0.2) is 16.8 Å². The number of hydrogen-bond acceptors (Lipinski definition) is 5. The number of aromatic hydroxyl groups is 2. The maximum absolute atomic E-state index is 9.88. The van der Waals surface area contributed by atoms with Crippen LogP contribution in [0.25, 0.3) is 16.3 Å². The lowest BCUT2D eigenvalue weighted by Crippen LogP contribution is -3.00. The van der Waals surface area contributed by atoms with Crippen LogP contribution in [0, 0.1) is 0 Å². The Kier molecular flexibility index (Phi) is 7.36. The summed E-state index contributed by atoms with van der Waals surface area (Å²) in [6.07, 6.45) is 5.44. The number of hydrogen-bond donors (Lipinski definition) is 2.